The number of aryl methyl sites for hydroxylation is 1. The summed E-state index contributed by atoms with van der Waals surface area (Å²) in [5, 5.41) is 2.74. The average Bonchev–Trinajstić information content (AvgIpc) is 2.66. The second-order valence-corrected chi connectivity index (χ2v) is 6.64. The molecule has 0 fully saturated rings. The number of halogens is 1. The van der Waals surface area contributed by atoms with Crippen molar-refractivity contribution in [3.63, 3.8) is 0 Å². The van der Waals surface area contributed by atoms with Crippen LogP contribution in [0.3, 0.4) is 0 Å². The minimum absolute atomic E-state index is 0.0645. The Balaban J connectivity index is 2.72. The van der Waals surface area contributed by atoms with Crippen molar-refractivity contribution in [1.82, 2.24) is 9.88 Å². The average molecular weight is 293 g/mol. The lowest BCUT2D eigenvalue weighted by Crippen LogP contribution is -2.26. The van der Waals surface area contributed by atoms with Gasteiger partial charge in [-0.1, -0.05) is 19.8 Å². The largest absolute Gasteiger partial charge is 0.351 e. The summed E-state index contributed by atoms with van der Waals surface area (Å²) in [5.74, 6) is -0.292. The third-order valence-electron chi connectivity index (χ3n) is 2.56. The maximum atomic E-state index is 11.8. The number of carbonyl (C=O) groups is 1. The van der Waals surface area contributed by atoms with Crippen molar-refractivity contribution in [3.05, 3.63) is 18.0 Å². The predicted octanol–water partition coefficient (Wildman–Crippen LogP) is 1.87. The van der Waals surface area contributed by atoms with E-state index in [1.807, 2.05) is 0 Å². The van der Waals surface area contributed by atoms with Crippen molar-refractivity contribution in [3.8, 4) is 0 Å². The Morgan fingerprint density at radius 1 is 1.44 bits per heavy atom. The number of hydrogen-bond acceptors (Lipinski definition) is 3. The number of rotatable bonds is 6. The quantitative estimate of drug-likeness (QED) is 0.643. The highest BCUT2D eigenvalue weighted by Crippen LogP contribution is 2.17. The zero-order chi connectivity index (χ0) is 13.8. The molecule has 18 heavy (non-hydrogen) atoms. The Kier molecular flexibility index (Phi) is 5.22. The molecule has 0 atom stereocenters. The molecule has 0 saturated heterocycles. The van der Waals surface area contributed by atoms with Gasteiger partial charge in [-0.15, -0.1) is 0 Å². The number of nitrogens with one attached hydrogen (secondary N) is 1. The molecule has 1 aromatic heterocycles. The monoisotopic (exact) mass is 292 g/mol. The van der Waals surface area contributed by atoms with E-state index in [1.54, 1.807) is 7.05 Å². The molecule has 1 aromatic rings. The van der Waals surface area contributed by atoms with Crippen LogP contribution < -0.4 is 5.32 Å². The van der Waals surface area contributed by atoms with Crippen molar-refractivity contribution in [1.29, 1.82) is 0 Å². The van der Waals surface area contributed by atoms with Gasteiger partial charge < -0.3 is 9.88 Å². The smallest absolute Gasteiger partial charge is 0.267 e. The van der Waals surface area contributed by atoms with Crippen LogP contribution in [0.4, 0.5) is 0 Å². The minimum atomic E-state index is -3.80. The summed E-state index contributed by atoms with van der Waals surface area (Å²) in [6, 6.07) is 1.28. The van der Waals surface area contributed by atoms with E-state index in [1.165, 1.54) is 16.8 Å². The Labute approximate surface area is 112 Å². The molecule has 1 rings (SSSR count). The van der Waals surface area contributed by atoms with Crippen LogP contribution in [-0.4, -0.2) is 25.4 Å². The van der Waals surface area contributed by atoms with Gasteiger partial charge in [-0.3, -0.25) is 4.79 Å². The van der Waals surface area contributed by atoms with E-state index in [0.29, 0.717) is 6.54 Å². The van der Waals surface area contributed by atoms with Crippen molar-refractivity contribution in [2.24, 2.45) is 7.05 Å². The van der Waals surface area contributed by atoms with Crippen molar-refractivity contribution in [2.75, 3.05) is 6.54 Å². The molecule has 0 aliphatic heterocycles. The topological polar surface area (TPSA) is 68.2 Å². The van der Waals surface area contributed by atoms with Gasteiger partial charge >= 0.3 is 0 Å². The predicted molar refractivity (Wildman–Crippen MR) is 70.3 cm³/mol. The minimum Gasteiger partial charge on any atom is -0.351 e. The zero-order valence-electron chi connectivity index (χ0n) is 10.4. The molecule has 0 spiro atoms. The first-order chi connectivity index (χ1) is 8.36. The molecule has 7 heteroatoms. The van der Waals surface area contributed by atoms with E-state index in [-0.39, 0.29) is 16.5 Å². The van der Waals surface area contributed by atoms with Crippen LogP contribution in [0.1, 0.15) is 36.7 Å². The summed E-state index contributed by atoms with van der Waals surface area (Å²) < 4.78 is 23.7. The number of nitrogens with zero attached hydrogens (tertiary/aromatic N) is 1. The van der Waals surface area contributed by atoms with E-state index >= 15 is 0 Å². The Hall–Kier alpha value is -1.01. The second-order valence-electron chi connectivity index (χ2n) is 4.07. The summed E-state index contributed by atoms with van der Waals surface area (Å²) in [5.41, 5.74) is 0.283. The lowest BCUT2D eigenvalue weighted by Gasteiger charge is -2.04. The van der Waals surface area contributed by atoms with Crippen molar-refractivity contribution >= 4 is 25.6 Å². The fourth-order valence-corrected chi connectivity index (χ4v) is 2.35. The molecular weight excluding hydrogens is 276 g/mol. The van der Waals surface area contributed by atoms with E-state index in [9.17, 15) is 13.2 Å². The number of unbranched alkanes of at least 4 members (excludes halogenated alkanes) is 2. The molecule has 1 N–H and O–H groups in total. The first-order valence-corrected chi connectivity index (χ1v) is 8.06. The molecule has 0 aromatic carbocycles. The van der Waals surface area contributed by atoms with Gasteiger partial charge in [-0.25, -0.2) is 8.42 Å². The molecule has 0 radical (unpaired) electrons. The Morgan fingerprint density at radius 2 is 2.11 bits per heavy atom. The highest BCUT2D eigenvalue weighted by Gasteiger charge is 2.18. The molecule has 0 bridgehead atoms. The summed E-state index contributed by atoms with van der Waals surface area (Å²) in [4.78, 5) is 11.7. The summed E-state index contributed by atoms with van der Waals surface area (Å²) in [6.45, 7) is 2.66. The normalized spacial score (nSPS) is 11.5. The molecule has 0 aliphatic rings. The number of hydrogen-bond donors (Lipinski definition) is 1. The van der Waals surface area contributed by atoms with E-state index in [0.717, 1.165) is 19.3 Å². The first kappa shape index (κ1) is 15.0. The summed E-state index contributed by atoms with van der Waals surface area (Å²) in [6.07, 6.45) is 4.36. The number of carbonyl (C=O) groups excluding carboxylic acids is 1. The molecule has 5 nitrogen and oxygen atoms in total. The number of amides is 1. The van der Waals surface area contributed by atoms with E-state index < -0.39 is 9.05 Å². The second kappa shape index (κ2) is 6.24. The molecular formula is C11H17ClN2O3S. The maximum absolute atomic E-state index is 11.8. The fraction of sp³-hybridized carbons (Fsp3) is 0.545. The van der Waals surface area contributed by atoms with E-state index in [2.05, 4.69) is 12.2 Å². The SMILES string of the molecule is CCCCCNC(=O)c1cc(S(=O)(=O)Cl)cn1C. The summed E-state index contributed by atoms with van der Waals surface area (Å²) >= 11 is 0. The Morgan fingerprint density at radius 3 is 2.61 bits per heavy atom. The lowest BCUT2D eigenvalue weighted by atomic mass is 10.2. The van der Waals surface area contributed by atoms with Crippen LogP contribution in [0.2, 0.25) is 0 Å². The highest BCUT2D eigenvalue weighted by molar-refractivity contribution is 8.13. The van der Waals surface area contributed by atoms with Crippen LogP contribution in [0.5, 0.6) is 0 Å². The van der Waals surface area contributed by atoms with Gasteiger partial charge in [0.05, 0.1) is 0 Å². The maximum Gasteiger partial charge on any atom is 0.267 e. The van der Waals surface area contributed by atoms with Gasteiger partial charge in [0.15, 0.2) is 0 Å². The van der Waals surface area contributed by atoms with Gasteiger partial charge in [-0.2, -0.15) is 0 Å². The van der Waals surface area contributed by atoms with Crippen molar-refractivity contribution in [2.45, 2.75) is 31.1 Å². The third-order valence-corrected chi connectivity index (χ3v) is 3.88. The molecule has 1 amide bonds. The van der Waals surface area contributed by atoms with Crippen LogP contribution >= 0.6 is 10.7 Å². The molecule has 102 valence electrons. The molecule has 0 unspecified atom stereocenters. The van der Waals surface area contributed by atoms with Crippen LogP contribution in [0.25, 0.3) is 0 Å². The highest BCUT2D eigenvalue weighted by atomic mass is 35.7. The standard InChI is InChI=1S/C11H17ClN2O3S/c1-3-4-5-6-13-11(15)10-7-9(8-14(10)2)18(12,16)17/h7-8H,3-6H2,1-2H3,(H,13,15). The van der Waals surface area contributed by atoms with Crippen molar-refractivity contribution < 1.29 is 13.2 Å². The number of aromatic nitrogens is 1. The molecule has 1 heterocycles. The summed E-state index contributed by atoms with van der Waals surface area (Å²) in [7, 11) is 3.03. The van der Waals surface area contributed by atoms with Crippen LogP contribution in [0.15, 0.2) is 17.2 Å². The fourth-order valence-electron chi connectivity index (χ4n) is 1.56. The Bertz CT molecular complexity index is 522. The van der Waals surface area contributed by atoms with Crippen LogP contribution in [-0.2, 0) is 16.1 Å². The van der Waals surface area contributed by atoms with Gasteiger partial charge in [0.25, 0.3) is 15.0 Å². The molecule has 0 saturated carbocycles. The van der Waals surface area contributed by atoms with Gasteiger partial charge in [0, 0.05) is 30.5 Å². The first-order valence-electron chi connectivity index (χ1n) is 5.75. The lowest BCUT2D eigenvalue weighted by molar-refractivity contribution is 0.0945. The van der Waals surface area contributed by atoms with Gasteiger partial charge in [0.1, 0.15) is 10.6 Å². The van der Waals surface area contributed by atoms with E-state index in [4.69, 9.17) is 10.7 Å². The van der Waals surface area contributed by atoms with Gasteiger partial charge in [0.2, 0.25) is 0 Å². The van der Waals surface area contributed by atoms with Gasteiger partial charge in [-0.05, 0) is 12.5 Å². The van der Waals surface area contributed by atoms with Crippen LogP contribution in [0, 0.1) is 0 Å². The zero-order valence-corrected chi connectivity index (χ0v) is 12.0. The molecule has 0 aliphatic carbocycles. The third kappa shape index (κ3) is 4.03.